The highest BCUT2D eigenvalue weighted by atomic mass is 16.4. The maximum atomic E-state index is 13.4. The van der Waals surface area contributed by atoms with E-state index in [0.29, 0.717) is 33.4 Å². The Balaban J connectivity index is 1.22. The summed E-state index contributed by atoms with van der Waals surface area (Å²) in [5, 5.41) is 9.93. The van der Waals surface area contributed by atoms with Crippen molar-refractivity contribution in [3.05, 3.63) is 154 Å². The lowest BCUT2D eigenvalue weighted by molar-refractivity contribution is 0.566. The van der Waals surface area contributed by atoms with Gasteiger partial charge in [-0.2, -0.15) is 0 Å². The topological polar surface area (TPSA) is 60.4 Å². The van der Waals surface area contributed by atoms with Crippen molar-refractivity contribution < 1.29 is 8.83 Å². The number of hydrogen-bond donors (Lipinski definition) is 0. The van der Waals surface area contributed by atoms with Crippen LogP contribution in [-0.4, -0.2) is 0 Å². The second kappa shape index (κ2) is 9.25. The Bertz CT molecular complexity index is 2560. The van der Waals surface area contributed by atoms with Gasteiger partial charge in [0.2, 0.25) is 0 Å². The maximum absolute atomic E-state index is 13.4. The van der Waals surface area contributed by atoms with Crippen molar-refractivity contribution in [3.8, 4) is 22.3 Å². The smallest absolute Gasteiger partial charge is 0.344 e. The number of fused-ring (bicyclic) bond motifs is 12. The Labute approximate surface area is 250 Å². The summed E-state index contributed by atoms with van der Waals surface area (Å²) < 4.78 is 12.0. The first-order valence-electron chi connectivity index (χ1n) is 14.5. The molecule has 7 aromatic carbocycles. The number of rotatable bonds is 2. The summed E-state index contributed by atoms with van der Waals surface area (Å²) in [4.78, 5) is 26.7. The summed E-state index contributed by atoms with van der Waals surface area (Å²) >= 11 is 0. The van der Waals surface area contributed by atoms with Crippen LogP contribution >= 0.6 is 0 Å². The summed E-state index contributed by atoms with van der Waals surface area (Å²) in [6.07, 6.45) is 0. The summed E-state index contributed by atoms with van der Waals surface area (Å²) in [5.41, 5.74) is 2.70. The molecular weight excluding hydrogens is 544 g/mol. The molecule has 0 aliphatic rings. The molecule has 44 heavy (non-hydrogen) atoms. The Hall–Kier alpha value is -6.00. The summed E-state index contributed by atoms with van der Waals surface area (Å²) in [5.74, 6) is 0. The first-order valence-corrected chi connectivity index (χ1v) is 14.5. The first-order chi connectivity index (χ1) is 21.7. The lowest BCUT2D eigenvalue weighted by atomic mass is 9.95. The molecule has 206 valence electrons. The molecule has 0 saturated heterocycles. The van der Waals surface area contributed by atoms with Gasteiger partial charge in [-0.3, -0.25) is 0 Å². The molecule has 0 spiro atoms. The van der Waals surface area contributed by atoms with Gasteiger partial charge in [0.25, 0.3) is 0 Å². The molecule has 2 heterocycles. The standard InChI is InChI=1S/C40H22O4/c41-39-33(21-35-29-13-3-1-9-25(29)27-11-5-7-15-31(27)37(35)43-39)23-17-19-24(20-18-23)34-22-36-30-14-4-2-10-26(30)28-12-6-8-16-32(28)38(36)44-40(34)42/h1-22H. The van der Waals surface area contributed by atoms with Gasteiger partial charge in [-0.15, -0.1) is 0 Å². The summed E-state index contributed by atoms with van der Waals surface area (Å²) in [6, 6.07) is 43.6. The van der Waals surface area contributed by atoms with Crippen LogP contribution in [-0.2, 0) is 0 Å². The fourth-order valence-electron chi connectivity index (χ4n) is 6.71. The molecule has 4 heteroatoms. The highest BCUT2D eigenvalue weighted by molar-refractivity contribution is 6.25. The second-order valence-electron chi connectivity index (χ2n) is 11.1. The predicted octanol–water partition coefficient (Wildman–Crippen LogP) is 9.85. The Morgan fingerprint density at radius 1 is 0.318 bits per heavy atom. The van der Waals surface area contributed by atoms with Crippen LogP contribution in [0, 0.1) is 0 Å². The van der Waals surface area contributed by atoms with Gasteiger partial charge in [-0.25, -0.2) is 9.59 Å². The summed E-state index contributed by atoms with van der Waals surface area (Å²) in [6.45, 7) is 0. The van der Waals surface area contributed by atoms with Gasteiger partial charge in [-0.05, 0) is 55.6 Å². The SMILES string of the molecule is O=c1oc2c3ccccc3c3ccccc3c2cc1-c1ccc(-c2cc3c4ccccc4c4ccccc4c3oc2=O)cc1. The van der Waals surface area contributed by atoms with E-state index in [1.54, 1.807) is 0 Å². The van der Waals surface area contributed by atoms with Gasteiger partial charge in [-0.1, -0.05) is 121 Å². The average Bonchev–Trinajstić information content (AvgIpc) is 3.08. The van der Waals surface area contributed by atoms with E-state index in [1.807, 2.05) is 97.1 Å². The van der Waals surface area contributed by atoms with Crippen molar-refractivity contribution >= 4 is 65.0 Å². The van der Waals surface area contributed by atoms with E-state index in [0.717, 1.165) is 53.9 Å². The first kappa shape index (κ1) is 24.6. The molecule has 0 bridgehead atoms. The van der Waals surface area contributed by atoms with Crippen LogP contribution in [0.4, 0.5) is 0 Å². The van der Waals surface area contributed by atoms with Gasteiger partial charge < -0.3 is 8.83 Å². The molecular formula is C40H22O4. The molecule has 0 fully saturated rings. The maximum Gasteiger partial charge on any atom is 0.344 e. The summed E-state index contributed by atoms with van der Waals surface area (Å²) in [7, 11) is 0. The van der Waals surface area contributed by atoms with E-state index < -0.39 is 11.3 Å². The fourth-order valence-corrected chi connectivity index (χ4v) is 6.71. The lowest BCUT2D eigenvalue weighted by Crippen LogP contribution is -2.04. The lowest BCUT2D eigenvalue weighted by Gasteiger charge is -2.11. The van der Waals surface area contributed by atoms with E-state index in [1.165, 1.54) is 0 Å². The van der Waals surface area contributed by atoms with E-state index in [4.69, 9.17) is 8.83 Å². The minimum Gasteiger partial charge on any atom is -0.422 e. The molecule has 9 rings (SSSR count). The molecule has 0 unspecified atom stereocenters. The number of hydrogen-bond acceptors (Lipinski definition) is 4. The van der Waals surface area contributed by atoms with Crippen molar-refractivity contribution in [3.63, 3.8) is 0 Å². The minimum atomic E-state index is -0.408. The van der Waals surface area contributed by atoms with E-state index in [-0.39, 0.29) is 0 Å². The quantitative estimate of drug-likeness (QED) is 0.154. The predicted molar refractivity (Wildman–Crippen MR) is 179 cm³/mol. The van der Waals surface area contributed by atoms with Gasteiger partial charge in [0.1, 0.15) is 11.2 Å². The van der Waals surface area contributed by atoms with Gasteiger partial charge in [0, 0.05) is 21.5 Å². The van der Waals surface area contributed by atoms with Crippen LogP contribution in [0.15, 0.2) is 152 Å². The van der Waals surface area contributed by atoms with Crippen LogP contribution in [0.5, 0.6) is 0 Å². The Morgan fingerprint density at radius 3 is 0.932 bits per heavy atom. The van der Waals surface area contributed by atoms with Gasteiger partial charge in [0.05, 0.1) is 11.1 Å². The highest BCUT2D eigenvalue weighted by Gasteiger charge is 2.17. The Morgan fingerprint density at radius 2 is 0.591 bits per heavy atom. The molecule has 0 radical (unpaired) electrons. The third kappa shape index (κ3) is 3.52. The van der Waals surface area contributed by atoms with Crippen molar-refractivity contribution in [1.82, 2.24) is 0 Å². The van der Waals surface area contributed by atoms with Crippen LogP contribution < -0.4 is 11.3 Å². The zero-order valence-electron chi connectivity index (χ0n) is 23.3. The van der Waals surface area contributed by atoms with Crippen molar-refractivity contribution in [2.24, 2.45) is 0 Å². The monoisotopic (exact) mass is 566 g/mol. The van der Waals surface area contributed by atoms with E-state index >= 15 is 0 Å². The molecule has 0 amide bonds. The van der Waals surface area contributed by atoms with Crippen molar-refractivity contribution in [2.45, 2.75) is 0 Å². The minimum absolute atomic E-state index is 0.408. The molecule has 0 saturated carbocycles. The third-order valence-electron chi connectivity index (χ3n) is 8.76. The molecule has 0 N–H and O–H groups in total. The second-order valence-corrected chi connectivity index (χ2v) is 11.1. The molecule has 4 nitrogen and oxygen atoms in total. The molecule has 9 aromatic rings. The van der Waals surface area contributed by atoms with Crippen LogP contribution in [0.2, 0.25) is 0 Å². The number of benzene rings is 7. The zero-order chi connectivity index (χ0) is 29.4. The molecule has 0 atom stereocenters. The van der Waals surface area contributed by atoms with Crippen LogP contribution in [0.25, 0.3) is 87.3 Å². The highest BCUT2D eigenvalue weighted by Crippen LogP contribution is 2.38. The van der Waals surface area contributed by atoms with Gasteiger partial charge in [0.15, 0.2) is 0 Å². The zero-order valence-corrected chi connectivity index (χ0v) is 23.3. The fraction of sp³-hybridized carbons (Fsp3) is 0. The molecule has 0 aliphatic carbocycles. The third-order valence-corrected chi connectivity index (χ3v) is 8.76. The van der Waals surface area contributed by atoms with Crippen LogP contribution in [0.3, 0.4) is 0 Å². The largest absolute Gasteiger partial charge is 0.422 e. The van der Waals surface area contributed by atoms with E-state index in [9.17, 15) is 9.59 Å². The van der Waals surface area contributed by atoms with Gasteiger partial charge >= 0.3 is 11.3 Å². The Kier molecular flexibility index (Phi) is 5.17. The van der Waals surface area contributed by atoms with Crippen LogP contribution in [0.1, 0.15) is 0 Å². The van der Waals surface area contributed by atoms with Crippen molar-refractivity contribution in [1.29, 1.82) is 0 Å². The van der Waals surface area contributed by atoms with Crippen molar-refractivity contribution in [2.75, 3.05) is 0 Å². The van der Waals surface area contributed by atoms with E-state index in [2.05, 4.69) is 36.4 Å². The normalized spacial score (nSPS) is 11.8. The molecule has 2 aromatic heterocycles. The molecule has 0 aliphatic heterocycles. The average molecular weight is 567 g/mol.